The number of carbonyl (C=O) groups is 1. The van der Waals surface area contributed by atoms with Gasteiger partial charge in [0.1, 0.15) is 11.4 Å². The first kappa shape index (κ1) is 17.8. The minimum absolute atomic E-state index is 0.0183. The summed E-state index contributed by atoms with van der Waals surface area (Å²) < 4.78 is 5.96. The monoisotopic (exact) mass is 367 g/mol. The number of para-hydroxylation sites is 2. The molecule has 0 saturated carbocycles. The quantitative estimate of drug-likeness (QED) is 0.881. The molecule has 6 nitrogen and oxygen atoms in total. The number of aryl methyl sites for hydroxylation is 1. The van der Waals surface area contributed by atoms with E-state index >= 15 is 0 Å². The van der Waals surface area contributed by atoms with Crippen LogP contribution >= 0.6 is 0 Å². The molecule has 0 radical (unpaired) electrons. The van der Waals surface area contributed by atoms with E-state index in [9.17, 15) is 9.90 Å². The van der Waals surface area contributed by atoms with Crippen LogP contribution < -0.4 is 9.64 Å². The Morgan fingerprint density at radius 3 is 2.67 bits per heavy atom. The van der Waals surface area contributed by atoms with E-state index in [-0.39, 0.29) is 5.91 Å². The molecule has 2 aromatic rings. The number of likely N-dealkylation sites (tertiary alicyclic amines) is 1. The lowest BCUT2D eigenvalue weighted by Gasteiger charge is -2.40. The summed E-state index contributed by atoms with van der Waals surface area (Å²) in [5.41, 5.74) is 1.78. The van der Waals surface area contributed by atoms with Crippen LogP contribution in [0.25, 0.3) is 0 Å². The fraction of sp³-hybridized carbons (Fsp3) is 0.429. The molecule has 2 aliphatic heterocycles. The number of rotatable bonds is 2. The van der Waals surface area contributed by atoms with Crippen molar-refractivity contribution < 1.29 is 14.6 Å². The predicted molar refractivity (Wildman–Crippen MR) is 103 cm³/mol. The molecule has 27 heavy (non-hydrogen) atoms. The van der Waals surface area contributed by atoms with E-state index < -0.39 is 11.7 Å². The van der Waals surface area contributed by atoms with Crippen LogP contribution in [0.15, 0.2) is 42.6 Å². The summed E-state index contributed by atoms with van der Waals surface area (Å²) in [5.74, 6) is 0.720. The Bertz CT molecular complexity index is 829. The lowest BCUT2D eigenvalue weighted by molar-refractivity contribution is -0.143. The summed E-state index contributed by atoms with van der Waals surface area (Å²) in [7, 11) is 1.97. The number of hydrogen-bond donors (Lipinski definition) is 1. The number of anilines is 1. The molecule has 0 bridgehead atoms. The van der Waals surface area contributed by atoms with Gasteiger partial charge in [0.15, 0.2) is 6.10 Å². The maximum Gasteiger partial charge on any atom is 0.265 e. The van der Waals surface area contributed by atoms with Crippen LogP contribution in [-0.4, -0.2) is 53.7 Å². The lowest BCUT2D eigenvalue weighted by atomic mass is 9.87. The van der Waals surface area contributed by atoms with Gasteiger partial charge in [0.05, 0.1) is 17.9 Å². The molecule has 6 heteroatoms. The SMILES string of the molecule is Cc1ccc(C2(O)CCN(C(=O)[C@@H]3CN(C)c4ccccc4O3)CC2)nc1. The van der Waals surface area contributed by atoms with Crippen molar-refractivity contribution in [3.8, 4) is 5.75 Å². The van der Waals surface area contributed by atoms with E-state index in [4.69, 9.17) is 4.74 Å². The second-order valence-electron chi connectivity index (χ2n) is 7.53. The van der Waals surface area contributed by atoms with Crippen LogP contribution in [0.2, 0.25) is 0 Å². The van der Waals surface area contributed by atoms with Crippen LogP contribution in [0.3, 0.4) is 0 Å². The minimum atomic E-state index is -0.971. The van der Waals surface area contributed by atoms with Crippen LogP contribution in [0, 0.1) is 6.92 Å². The summed E-state index contributed by atoms with van der Waals surface area (Å²) in [5, 5.41) is 11.0. The van der Waals surface area contributed by atoms with Crippen molar-refractivity contribution in [2.75, 3.05) is 31.6 Å². The summed E-state index contributed by atoms with van der Waals surface area (Å²) in [4.78, 5) is 21.2. The Morgan fingerprint density at radius 2 is 1.96 bits per heavy atom. The topological polar surface area (TPSA) is 65.9 Å². The van der Waals surface area contributed by atoms with Gasteiger partial charge in [0.25, 0.3) is 5.91 Å². The molecule has 1 N–H and O–H groups in total. The predicted octanol–water partition coefficient (Wildman–Crippen LogP) is 2.10. The van der Waals surface area contributed by atoms with E-state index in [1.54, 1.807) is 11.1 Å². The zero-order valence-electron chi connectivity index (χ0n) is 15.8. The number of fused-ring (bicyclic) bond motifs is 1. The number of aliphatic hydroxyl groups is 1. The highest BCUT2D eigenvalue weighted by molar-refractivity contribution is 5.83. The average molecular weight is 367 g/mol. The van der Waals surface area contributed by atoms with Crippen LogP contribution in [0.1, 0.15) is 24.1 Å². The van der Waals surface area contributed by atoms with Gasteiger partial charge in [-0.1, -0.05) is 18.2 Å². The van der Waals surface area contributed by atoms with E-state index in [2.05, 4.69) is 9.88 Å². The second kappa shape index (κ2) is 6.85. The average Bonchev–Trinajstić information content (AvgIpc) is 2.68. The third-order valence-electron chi connectivity index (χ3n) is 5.55. The van der Waals surface area contributed by atoms with Crippen molar-refractivity contribution in [2.45, 2.75) is 31.5 Å². The molecule has 3 heterocycles. The van der Waals surface area contributed by atoms with Crippen molar-refractivity contribution in [3.05, 3.63) is 53.9 Å². The Hall–Kier alpha value is -2.60. The Morgan fingerprint density at radius 1 is 1.22 bits per heavy atom. The van der Waals surface area contributed by atoms with E-state index in [0.29, 0.717) is 38.2 Å². The molecule has 0 unspecified atom stereocenters. The van der Waals surface area contributed by atoms with Crippen molar-refractivity contribution in [3.63, 3.8) is 0 Å². The number of likely N-dealkylation sites (N-methyl/N-ethyl adjacent to an activating group) is 1. The standard InChI is InChI=1S/C21H25N3O3/c1-15-7-8-19(22-13-15)21(26)9-11-24(12-10-21)20(25)18-14-23(2)16-5-3-4-6-17(16)27-18/h3-8,13,18,26H,9-12,14H2,1-2H3/t18-/m0/s1. The molecular formula is C21H25N3O3. The smallest absolute Gasteiger partial charge is 0.265 e. The first-order valence-corrected chi connectivity index (χ1v) is 9.37. The fourth-order valence-electron chi connectivity index (χ4n) is 3.84. The molecule has 1 amide bonds. The number of pyridine rings is 1. The van der Waals surface area contributed by atoms with Gasteiger partial charge in [-0.2, -0.15) is 0 Å². The van der Waals surface area contributed by atoms with Crippen molar-refractivity contribution >= 4 is 11.6 Å². The van der Waals surface area contributed by atoms with Crippen LogP contribution in [-0.2, 0) is 10.4 Å². The highest BCUT2D eigenvalue weighted by Crippen LogP contribution is 2.34. The van der Waals surface area contributed by atoms with Crippen LogP contribution in [0.5, 0.6) is 5.75 Å². The van der Waals surface area contributed by atoms with E-state index in [1.807, 2.05) is 50.4 Å². The summed E-state index contributed by atoms with van der Waals surface area (Å²) in [6, 6.07) is 11.6. The first-order chi connectivity index (χ1) is 13.0. The van der Waals surface area contributed by atoms with Gasteiger partial charge in [-0.15, -0.1) is 0 Å². The second-order valence-corrected chi connectivity index (χ2v) is 7.53. The molecular weight excluding hydrogens is 342 g/mol. The number of benzene rings is 1. The van der Waals surface area contributed by atoms with Crippen LogP contribution in [0.4, 0.5) is 5.69 Å². The number of ether oxygens (including phenoxy) is 1. The highest BCUT2D eigenvalue weighted by atomic mass is 16.5. The molecule has 0 spiro atoms. The highest BCUT2D eigenvalue weighted by Gasteiger charge is 2.39. The van der Waals surface area contributed by atoms with Gasteiger partial charge in [0.2, 0.25) is 0 Å². The largest absolute Gasteiger partial charge is 0.477 e. The zero-order chi connectivity index (χ0) is 19.0. The molecule has 0 aliphatic carbocycles. The van der Waals surface area contributed by atoms with E-state index in [1.165, 1.54) is 0 Å². The molecule has 2 aliphatic rings. The molecule has 1 atom stereocenters. The number of nitrogens with zero attached hydrogens (tertiary/aromatic N) is 3. The molecule has 1 aromatic heterocycles. The Labute approximate surface area is 159 Å². The fourth-order valence-corrected chi connectivity index (χ4v) is 3.84. The molecule has 1 aromatic carbocycles. The van der Waals surface area contributed by atoms with E-state index in [0.717, 1.165) is 17.0 Å². The van der Waals surface area contributed by atoms with Crippen molar-refractivity contribution in [1.82, 2.24) is 9.88 Å². The first-order valence-electron chi connectivity index (χ1n) is 9.37. The van der Waals surface area contributed by atoms with Gasteiger partial charge < -0.3 is 19.6 Å². The molecule has 4 rings (SSSR count). The number of aromatic nitrogens is 1. The third-order valence-corrected chi connectivity index (χ3v) is 5.55. The van der Waals surface area contributed by atoms with Gasteiger partial charge in [0, 0.05) is 26.3 Å². The Balaban J connectivity index is 1.43. The number of hydrogen-bond acceptors (Lipinski definition) is 5. The van der Waals surface area contributed by atoms with Gasteiger partial charge in [-0.05, 0) is 43.5 Å². The molecule has 142 valence electrons. The van der Waals surface area contributed by atoms with Crippen molar-refractivity contribution in [1.29, 1.82) is 0 Å². The van der Waals surface area contributed by atoms with Gasteiger partial charge >= 0.3 is 0 Å². The minimum Gasteiger partial charge on any atom is -0.477 e. The summed E-state index contributed by atoms with van der Waals surface area (Å²) in [6.07, 6.45) is 2.21. The van der Waals surface area contributed by atoms with Gasteiger partial charge in [-0.25, -0.2) is 0 Å². The summed E-state index contributed by atoms with van der Waals surface area (Å²) >= 11 is 0. The molecule has 1 fully saturated rings. The zero-order valence-corrected chi connectivity index (χ0v) is 15.8. The maximum absolute atomic E-state index is 13.0. The third kappa shape index (κ3) is 3.37. The Kier molecular flexibility index (Phi) is 4.52. The number of carbonyl (C=O) groups excluding carboxylic acids is 1. The molecule has 1 saturated heterocycles. The summed E-state index contributed by atoms with van der Waals surface area (Å²) in [6.45, 7) is 3.49. The lowest BCUT2D eigenvalue weighted by Crippen LogP contribution is -2.53. The maximum atomic E-state index is 13.0. The number of piperidine rings is 1. The van der Waals surface area contributed by atoms with Gasteiger partial charge in [-0.3, -0.25) is 9.78 Å². The van der Waals surface area contributed by atoms with Crippen molar-refractivity contribution in [2.24, 2.45) is 0 Å². The normalized spacial score (nSPS) is 21.4. The number of amides is 1.